The van der Waals surface area contributed by atoms with Gasteiger partial charge in [-0.1, -0.05) is 31.2 Å². The fourth-order valence-corrected chi connectivity index (χ4v) is 3.40. The number of hydrogen-bond acceptors (Lipinski definition) is 4. The summed E-state index contributed by atoms with van der Waals surface area (Å²) in [5, 5.41) is 9.80. The van der Waals surface area contributed by atoms with E-state index >= 15 is 0 Å². The molecule has 0 saturated heterocycles. The Hall–Kier alpha value is -2.67. The summed E-state index contributed by atoms with van der Waals surface area (Å²) >= 11 is 1.82. The predicted molar refractivity (Wildman–Crippen MR) is 116 cm³/mol. The third-order valence-electron chi connectivity index (χ3n) is 3.90. The topological polar surface area (TPSA) is 74.8 Å². The average molecular weight is 401 g/mol. The molecule has 1 atom stereocenters. The Balaban J connectivity index is 1.67. The molecule has 0 aliphatic rings. The van der Waals surface area contributed by atoms with Crippen molar-refractivity contribution in [2.45, 2.75) is 17.1 Å². The predicted octanol–water partition coefficient (Wildman–Crippen LogP) is 2.77. The smallest absolute Gasteiger partial charge is 0.251 e. The Bertz CT molecular complexity index is 768. The van der Waals surface area contributed by atoms with Crippen molar-refractivity contribution in [3.8, 4) is 5.75 Å². The first-order valence-electron chi connectivity index (χ1n) is 9.21. The summed E-state index contributed by atoms with van der Waals surface area (Å²) in [6.45, 7) is 4.03. The first-order valence-corrected chi connectivity index (χ1v) is 10.1. The van der Waals surface area contributed by atoms with E-state index < -0.39 is 0 Å². The summed E-state index contributed by atoms with van der Waals surface area (Å²) in [6, 6.07) is 17.4. The summed E-state index contributed by atoms with van der Waals surface area (Å²) in [5.41, 5.74) is 0.577. The number of ether oxygens (including phenoxy) is 1. The van der Waals surface area contributed by atoms with E-state index in [9.17, 15) is 4.79 Å². The van der Waals surface area contributed by atoms with Crippen LogP contribution in [0.1, 0.15) is 17.3 Å². The number of guanidine groups is 1. The second-order valence-corrected chi connectivity index (χ2v) is 7.62. The minimum atomic E-state index is -0.128. The van der Waals surface area contributed by atoms with Gasteiger partial charge in [0.2, 0.25) is 0 Å². The molecule has 0 heterocycles. The Morgan fingerprint density at radius 1 is 1.07 bits per heavy atom. The van der Waals surface area contributed by atoms with Gasteiger partial charge < -0.3 is 20.7 Å². The molecule has 0 fully saturated rings. The van der Waals surface area contributed by atoms with Gasteiger partial charge in [0.25, 0.3) is 5.91 Å². The molecule has 7 heteroatoms. The van der Waals surface area contributed by atoms with Gasteiger partial charge in [0, 0.05) is 42.4 Å². The van der Waals surface area contributed by atoms with Crippen molar-refractivity contribution in [2.75, 3.05) is 33.8 Å². The van der Waals surface area contributed by atoms with Crippen LogP contribution in [0.4, 0.5) is 0 Å². The van der Waals surface area contributed by atoms with Crippen LogP contribution in [0, 0.1) is 0 Å². The van der Waals surface area contributed by atoms with Crippen LogP contribution >= 0.6 is 11.8 Å². The fraction of sp³-hybridized carbons (Fsp3) is 0.333. The van der Waals surface area contributed by atoms with Crippen LogP contribution in [0.15, 0.2) is 64.5 Å². The van der Waals surface area contributed by atoms with Gasteiger partial charge in [0.15, 0.2) is 5.96 Å². The van der Waals surface area contributed by atoms with Gasteiger partial charge in [-0.3, -0.25) is 9.79 Å². The number of carbonyl (C=O) groups excluding carboxylic acids is 1. The molecule has 1 unspecified atom stereocenters. The first kappa shape index (κ1) is 21.6. The SMILES string of the molecule is CN=C(NCCNC(=O)c1cccc(OC)c1)NCC(C)Sc1ccccc1. The Morgan fingerprint density at radius 3 is 2.54 bits per heavy atom. The molecule has 0 radical (unpaired) electrons. The quantitative estimate of drug-likeness (QED) is 0.261. The number of carbonyl (C=O) groups is 1. The van der Waals surface area contributed by atoms with E-state index in [2.05, 4.69) is 40.0 Å². The van der Waals surface area contributed by atoms with Gasteiger partial charge in [-0.15, -0.1) is 11.8 Å². The minimum absolute atomic E-state index is 0.128. The lowest BCUT2D eigenvalue weighted by molar-refractivity contribution is 0.0954. The number of aliphatic imine (C=N–C) groups is 1. The average Bonchev–Trinajstić information content (AvgIpc) is 2.73. The second-order valence-electron chi connectivity index (χ2n) is 6.11. The molecule has 0 bridgehead atoms. The van der Waals surface area contributed by atoms with Crippen molar-refractivity contribution >= 4 is 23.6 Å². The van der Waals surface area contributed by atoms with Crippen molar-refractivity contribution < 1.29 is 9.53 Å². The number of nitrogens with one attached hydrogen (secondary N) is 3. The lowest BCUT2D eigenvalue weighted by Crippen LogP contribution is -2.43. The molecule has 2 aromatic carbocycles. The molecule has 1 amide bonds. The van der Waals surface area contributed by atoms with Crippen LogP contribution in [-0.4, -0.2) is 50.9 Å². The number of benzene rings is 2. The zero-order valence-electron chi connectivity index (χ0n) is 16.6. The Kier molecular flexibility index (Phi) is 9.21. The lowest BCUT2D eigenvalue weighted by Gasteiger charge is -2.16. The molecule has 6 nitrogen and oxygen atoms in total. The van der Waals surface area contributed by atoms with Crippen LogP contribution < -0.4 is 20.7 Å². The van der Waals surface area contributed by atoms with Crippen molar-refractivity contribution in [1.29, 1.82) is 0 Å². The van der Waals surface area contributed by atoms with Crippen LogP contribution in [0.5, 0.6) is 5.75 Å². The number of methoxy groups -OCH3 is 1. The van der Waals surface area contributed by atoms with Crippen molar-refractivity contribution in [3.05, 3.63) is 60.2 Å². The van der Waals surface area contributed by atoms with Crippen molar-refractivity contribution in [2.24, 2.45) is 4.99 Å². The summed E-state index contributed by atoms with van der Waals surface area (Å²) < 4.78 is 5.14. The highest BCUT2D eigenvalue weighted by Gasteiger charge is 2.07. The largest absolute Gasteiger partial charge is 0.497 e. The second kappa shape index (κ2) is 11.9. The fourth-order valence-electron chi connectivity index (χ4n) is 2.46. The Labute approximate surface area is 171 Å². The summed E-state index contributed by atoms with van der Waals surface area (Å²) in [6.07, 6.45) is 0. The normalized spacial score (nSPS) is 12.2. The number of thioether (sulfide) groups is 1. The van der Waals surface area contributed by atoms with E-state index in [0.717, 1.165) is 12.5 Å². The molecular formula is C21H28N4O2S. The van der Waals surface area contributed by atoms with Crippen LogP contribution in [-0.2, 0) is 0 Å². The van der Waals surface area contributed by atoms with Crippen LogP contribution in [0.25, 0.3) is 0 Å². The van der Waals surface area contributed by atoms with Crippen LogP contribution in [0.2, 0.25) is 0 Å². The maximum atomic E-state index is 12.2. The number of hydrogen-bond donors (Lipinski definition) is 3. The molecule has 0 aliphatic heterocycles. The van der Waals surface area contributed by atoms with Gasteiger partial charge >= 0.3 is 0 Å². The molecule has 2 aromatic rings. The molecule has 3 N–H and O–H groups in total. The van der Waals surface area contributed by atoms with Gasteiger partial charge in [0.1, 0.15) is 5.75 Å². The van der Waals surface area contributed by atoms with Gasteiger partial charge in [-0.05, 0) is 30.3 Å². The molecule has 0 aromatic heterocycles. The summed E-state index contributed by atoms with van der Waals surface area (Å²) in [7, 11) is 3.32. The molecule has 150 valence electrons. The van der Waals surface area contributed by atoms with Gasteiger partial charge in [-0.2, -0.15) is 0 Å². The maximum Gasteiger partial charge on any atom is 0.251 e. The summed E-state index contributed by atoms with van der Waals surface area (Å²) in [5.74, 6) is 1.26. The third-order valence-corrected chi connectivity index (χ3v) is 5.01. The molecule has 0 spiro atoms. The highest BCUT2D eigenvalue weighted by Crippen LogP contribution is 2.21. The molecule has 0 aliphatic carbocycles. The standard InChI is InChI=1S/C21H28N4O2S/c1-16(28-19-10-5-4-6-11-19)15-25-21(22-2)24-13-12-23-20(26)17-8-7-9-18(14-17)27-3/h4-11,14,16H,12-13,15H2,1-3H3,(H,23,26)(H2,22,24,25). The Morgan fingerprint density at radius 2 is 1.82 bits per heavy atom. The van der Waals surface area contributed by atoms with E-state index in [1.165, 1.54) is 4.90 Å². The molecule has 2 rings (SSSR count). The number of amides is 1. The van der Waals surface area contributed by atoms with E-state index in [-0.39, 0.29) is 5.91 Å². The molecule has 28 heavy (non-hydrogen) atoms. The summed E-state index contributed by atoms with van der Waals surface area (Å²) in [4.78, 5) is 17.6. The van der Waals surface area contributed by atoms with Crippen molar-refractivity contribution in [3.63, 3.8) is 0 Å². The number of nitrogens with zero attached hydrogens (tertiary/aromatic N) is 1. The lowest BCUT2D eigenvalue weighted by atomic mass is 10.2. The van der Waals surface area contributed by atoms with Crippen molar-refractivity contribution in [1.82, 2.24) is 16.0 Å². The van der Waals surface area contributed by atoms with E-state index in [0.29, 0.717) is 29.7 Å². The van der Waals surface area contributed by atoms with Gasteiger partial charge in [-0.25, -0.2) is 0 Å². The highest BCUT2D eigenvalue weighted by atomic mass is 32.2. The van der Waals surface area contributed by atoms with E-state index in [4.69, 9.17) is 4.74 Å². The highest BCUT2D eigenvalue weighted by molar-refractivity contribution is 8.00. The minimum Gasteiger partial charge on any atom is -0.497 e. The maximum absolute atomic E-state index is 12.2. The zero-order chi connectivity index (χ0) is 20.2. The zero-order valence-corrected chi connectivity index (χ0v) is 17.4. The number of rotatable bonds is 9. The third kappa shape index (κ3) is 7.52. The van der Waals surface area contributed by atoms with Crippen LogP contribution in [0.3, 0.4) is 0 Å². The van der Waals surface area contributed by atoms with E-state index in [1.807, 2.05) is 36.0 Å². The van der Waals surface area contributed by atoms with E-state index in [1.54, 1.807) is 32.4 Å². The molecular weight excluding hydrogens is 372 g/mol. The first-order chi connectivity index (χ1) is 13.6. The molecule has 0 saturated carbocycles. The van der Waals surface area contributed by atoms with Gasteiger partial charge in [0.05, 0.1) is 7.11 Å². The monoisotopic (exact) mass is 400 g/mol.